The molecule has 1 aliphatic carbocycles. The molecule has 1 aliphatic rings. The van der Waals surface area contributed by atoms with Gasteiger partial charge in [0.2, 0.25) is 5.89 Å². The third kappa shape index (κ3) is 3.83. The van der Waals surface area contributed by atoms with Crippen molar-refractivity contribution in [1.29, 1.82) is 0 Å². The van der Waals surface area contributed by atoms with E-state index in [1.165, 1.54) is 0 Å². The standard InChI is InChI=1S/C18H19N5O2/c24-14-7-13(8-14)15-9-16(21-11-20-15)19-10-17-22-18(25-23-17)6-12-4-2-1-3-5-12/h1-5,9,11,13-14,24H,6-8,10H2,(H,19,20,21). The summed E-state index contributed by atoms with van der Waals surface area (Å²) in [5.41, 5.74) is 2.09. The van der Waals surface area contributed by atoms with Gasteiger partial charge in [0.15, 0.2) is 5.82 Å². The predicted molar refractivity (Wildman–Crippen MR) is 90.9 cm³/mol. The van der Waals surface area contributed by atoms with Crippen LogP contribution >= 0.6 is 0 Å². The molecule has 2 aromatic heterocycles. The molecule has 2 N–H and O–H groups in total. The highest BCUT2D eigenvalue weighted by Gasteiger charge is 2.29. The van der Waals surface area contributed by atoms with E-state index in [2.05, 4.69) is 25.4 Å². The van der Waals surface area contributed by atoms with E-state index in [1.54, 1.807) is 6.33 Å². The zero-order chi connectivity index (χ0) is 17.1. The fraction of sp³-hybridized carbons (Fsp3) is 0.333. The van der Waals surface area contributed by atoms with E-state index in [-0.39, 0.29) is 6.10 Å². The van der Waals surface area contributed by atoms with Crippen LogP contribution in [0.2, 0.25) is 0 Å². The van der Waals surface area contributed by atoms with E-state index >= 15 is 0 Å². The lowest BCUT2D eigenvalue weighted by molar-refractivity contribution is 0.0732. The minimum atomic E-state index is -0.196. The number of aliphatic hydroxyl groups excluding tert-OH is 1. The molecule has 3 aromatic rings. The minimum Gasteiger partial charge on any atom is -0.393 e. The number of anilines is 1. The van der Waals surface area contributed by atoms with Crippen LogP contribution in [0.25, 0.3) is 0 Å². The van der Waals surface area contributed by atoms with Gasteiger partial charge < -0.3 is 14.9 Å². The highest BCUT2D eigenvalue weighted by Crippen LogP contribution is 2.35. The van der Waals surface area contributed by atoms with E-state index in [9.17, 15) is 5.11 Å². The third-order valence-corrected chi connectivity index (χ3v) is 4.36. The van der Waals surface area contributed by atoms with Crippen molar-refractivity contribution in [3.8, 4) is 0 Å². The first-order valence-corrected chi connectivity index (χ1v) is 8.35. The van der Waals surface area contributed by atoms with Crippen molar-refractivity contribution in [2.24, 2.45) is 0 Å². The Morgan fingerprint density at radius 1 is 1.16 bits per heavy atom. The van der Waals surface area contributed by atoms with Gasteiger partial charge in [-0.3, -0.25) is 0 Å². The first-order chi connectivity index (χ1) is 12.3. The summed E-state index contributed by atoms with van der Waals surface area (Å²) in [4.78, 5) is 12.9. The fourth-order valence-electron chi connectivity index (χ4n) is 2.90. The van der Waals surface area contributed by atoms with Crippen LogP contribution in [0.5, 0.6) is 0 Å². The van der Waals surface area contributed by atoms with Crippen molar-refractivity contribution < 1.29 is 9.63 Å². The molecule has 1 aromatic carbocycles. The second kappa shape index (κ2) is 6.98. The van der Waals surface area contributed by atoms with Crippen LogP contribution < -0.4 is 5.32 Å². The zero-order valence-corrected chi connectivity index (χ0v) is 13.7. The number of nitrogens with zero attached hydrogens (tertiary/aromatic N) is 4. The van der Waals surface area contributed by atoms with Crippen LogP contribution in [0.15, 0.2) is 47.2 Å². The van der Waals surface area contributed by atoms with Gasteiger partial charge in [-0.15, -0.1) is 0 Å². The SMILES string of the molecule is OC1CC(c2cc(NCc3noc(Cc4ccccc4)n3)ncn2)C1. The van der Waals surface area contributed by atoms with Crippen LogP contribution in [0.4, 0.5) is 5.82 Å². The van der Waals surface area contributed by atoms with Crippen LogP contribution in [-0.4, -0.2) is 31.3 Å². The largest absolute Gasteiger partial charge is 0.393 e. The molecular formula is C18H19N5O2. The zero-order valence-electron chi connectivity index (χ0n) is 13.7. The molecule has 0 unspecified atom stereocenters. The molecule has 0 saturated heterocycles. The van der Waals surface area contributed by atoms with Crippen LogP contribution in [0.3, 0.4) is 0 Å². The quantitative estimate of drug-likeness (QED) is 0.712. The summed E-state index contributed by atoms with van der Waals surface area (Å²) in [6.07, 6.45) is 3.50. The maximum absolute atomic E-state index is 9.42. The Hall–Kier alpha value is -2.80. The lowest BCUT2D eigenvalue weighted by Crippen LogP contribution is -2.27. The van der Waals surface area contributed by atoms with Crippen molar-refractivity contribution >= 4 is 5.82 Å². The summed E-state index contributed by atoms with van der Waals surface area (Å²) in [5.74, 6) is 2.22. The second-order valence-electron chi connectivity index (χ2n) is 6.27. The number of nitrogens with one attached hydrogen (secondary N) is 1. The highest BCUT2D eigenvalue weighted by atomic mass is 16.5. The number of rotatable bonds is 6. The average Bonchev–Trinajstić information content (AvgIpc) is 3.06. The molecule has 0 aliphatic heterocycles. The molecule has 0 amide bonds. The Morgan fingerprint density at radius 3 is 2.80 bits per heavy atom. The molecule has 0 spiro atoms. The second-order valence-corrected chi connectivity index (χ2v) is 6.27. The van der Waals surface area contributed by atoms with E-state index in [4.69, 9.17) is 4.52 Å². The molecule has 0 atom stereocenters. The normalized spacial score (nSPS) is 19.4. The fourth-order valence-corrected chi connectivity index (χ4v) is 2.90. The number of hydrogen-bond donors (Lipinski definition) is 2. The summed E-state index contributed by atoms with van der Waals surface area (Å²) in [6.45, 7) is 0.433. The Morgan fingerprint density at radius 2 is 2.00 bits per heavy atom. The molecule has 2 heterocycles. The first kappa shape index (κ1) is 15.7. The van der Waals surface area contributed by atoms with Gasteiger partial charge in [-0.25, -0.2) is 9.97 Å². The lowest BCUT2D eigenvalue weighted by atomic mass is 9.80. The van der Waals surface area contributed by atoms with Gasteiger partial charge in [-0.1, -0.05) is 35.5 Å². The topological polar surface area (TPSA) is 97.0 Å². The van der Waals surface area contributed by atoms with Crippen molar-refractivity contribution in [3.05, 3.63) is 65.7 Å². The first-order valence-electron chi connectivity index (χ1n) is 8.35. The third-order valence-electron chi connectivity index (χ3n) is 4.36. The van der Waals surface area contributed by atoms with E-state index < -0.39 is 0 Å². The van der Waals surface area contributed by atoms with E-state index in [0.717, 1.165) is 29.9 Å². The van der Waals surface area contributed by atoms with Crippen molar-refractivity contribution in [2.45, 2.75) is 37.8 Å². The molecule has 4 rings (SSSR count). The molecule has 128 valence electrons. The lowest BCUT2D eigenvalue weighted by Gasteiger charge is -2.30. The Kier molecular flexibility index (Phi) is 4.39. The van der Waals surface area contributed by atoms with E-state index in [0.29, 0.717) is 30.6 Å². The van der Waals surface area contributed by atoms with Gasteiger partial charge in [0.05, 0.1) is 19.1 Å². The molecule has 1 saturated carbocycles. The Labute approximate surface area is 145 Å². The van der Waals surface area contributed by atoms with Gasteiger partial charge in [0.25, 0.3) is 0 Å². The summed E-state index contributed by atoms with van der Waals surface area (Å²) < 4.78 is 5.30. The van der Waals surface area contributed by atoms with Gasteiger partial charge in [0.1, 0.15) is 12.1 Å². The molecule has 0 bridgehead atoms. The van der Waals surface area contributed by atoms with Crippen molar-refractivity contribution in [2.75, 3.05) is 5.32 Å². The van der Waals surface area contributed by atoms with Gasteiger partial charge in [-0.05, 0) is 18.4 Å². The van der Waals surface area contributed by atoms with Crippen LogP contribution in [0, 0.1) is 0 Å². The molecule has 7 heteroatoms. The van der Waals surface area contributed by atoms with Crippen molar-refractivity contribution in [1.82, 2.24) is 20.1 Å². The molecular weight excluding hydrogens is 318 g/mol. The van der Waals surface area contributed by atoms with Gasteiger partial charge >= 0.3 is 0 Å². The maximum Gasteiger partial charge on any atom is 0.231 e. The highest BCUT2D eigenvalue weighted by molar-refractivity contribution is 5.36. The summed E-state index contributed by atoms with van der Waals surface area (Å²) >= 11 is 0. The Balaban J connectivity index is 1.35. The molecule has 7 nitrogen and oxygen atoms in total. The van der Waals surface area contributed by atoms with Gasteiger partial charge in [0, 0.05) is 17.7 Å². The average molecular weight is 337 g/mol. The maximum atomic E-state index is 9.42. The molecule has 25 heavy (non-hydrogen) atoms. The number of aromatic nitrogens is 4. The number of benzene rings is 1. The minimum absolute atomic E-state index is 0.196. The number of aliphatic hydroxyl groups is 1. The summed E-state index contributed by atoms with van der Waals surface area (Å²) in [5, 5.41) is 16.6. The smallest absolute Gasteiger partial charge is 0.231 e. The Bertz CT molecular complexity index is 830. The van der Waals surface area contributed by atoms with E-state index in [1.807, 2.05) is 36.4 Å². The van der Waals surface area contributed by atoms with Crippen molar-refractivity contribution in [3.63, 3.8) is 0 Å². The van der Waals surface area contributed by atoms with Crippen LogP contribution in [0.1, 0.15) is 41.7 Å². The summed E-state index contributed by atoms with van der Waals surface area (Å²) in [7, 11) is 0. The monoisotopic (exact) mass is 337 g/mol. The summed E-state index contributed by atoms with van der Waals surface area (Å²) in [6, 6.07) is 11.9. The molecule has 1 fully saturated rings. The number of hydrogen-bond acceptors (Lipinski definition) is 7. The van der Waals surface area contributed by atoms with Gasteiger partial charge in [-0.2, -0.15) is 4.98 Å². The van der Waals surface area contributed by atoms with Crippen LogP contribution in [-0.2, 0) is 13.0 Å². The molecule has 0 radical (unpaired) electrons. The predicted octanol–water partition coefficient (Wildman–Crippen LogP) is 2.30.